The highest BCUT2D eigenvalue weighted by Gasteiger charge is 2.36. The van der Waals surface area contributed by atoms with Crippen LogP contribution in [0.5, 0.6) is 0 Å². The van der Waals surface area contributed by atoms with E-state index in [2.05, 4.69) is 5.32 Å². The van der Waals surface area contributed by atoms with Crippen LogP contribution in [0.1, 0.15) is 25.3 Å². The molecule has 5 N–H and O–H groups in total. The summed E-state index contributed by atoms with van der Waals surface area (Å²) in [7, 11) is 0. The van der Waals surface area contributed by atoms with Gasteiger partial charge in [0.15, 0.2) is 0 Å². The summed E-state index contributed by atoms with van der Waals surface area (Å²) in [5, 5.41) is 21.7. The number of nitrogens with zero attached hydrogens (tertiary/aromatic N) is 1. The Kier molecular flexibility index (Phi) is 6.70. The molecule has 0 spiro atoms. The Morgan fingerprint density at radius 2 is 1.96 bits per heavy atom. The number of rotatable bonds is 7. The first-order valence-corrected chi connectivity index (χ1v) is 8.62. The van der Waals surface area contributed by atoms with Gasteiger partial charge in [-0.25, -0.2) is 4.79 Å². The van der Waals surface area contributed by atoms with E-state index < -0.39 is 42.0 Å². The van der Waals surface area contributed by atoms with Crippen molar-refractivity contribution in [2.45, 2.75) is 50.4 Å². The molecule has 0 saturated carbocycles. The Bertz CT molecular complexity index is 651. The van der Waals surface area contributed by atoms with Crippen LogP contribution in [-0.4, -0.2) is 63.7 Å². The smallest absolute Gasteiger partial charge is 0.326 e. The van der Waals surface area contributed by atoms with Crippen LogP contribution >= 0.6 is 0 Å². The number of hydrogen-bond acceptors (Lipinski definition) is 5. The van der Waals surface area contributed by atoms with Gasteiger partial charge in [0.1, 0.15) is 18.2 Å². The Hall–Kier alpha value is -2.45. The van der Waals surface area contributed by atoms with Gasteiger partial charge < -0.3 is 26.2 Å². The zero-order valence-electron chi connectivity index (χ0n) is 14.7. The number of amides is 2. The zero-order chi connectivity index (χ0) is 19.3. The Balaban J connectivity index is 1.91. The number of carbonyl (C=O) groups excluding carboxylic acids is 2. The molecule has 0 aromatic heterocycles. The number of aliphatic carboxylic acids is 1. The van der Waals surface area contributed by atoms with Gasteiger partial charge in [-0.1, -0.05) is 30.3 Å². The summed E-state index contributed by atoms with van der Waals surface area (Å²) in [5.74, 6) is -2.29. The normalized spacial score (nSPS) is 20.3. The van der Waals surface area contributed by atoms with Crippen molar-refractivity contribution < 1.29 is 24.6 Å². The summed E-state index contributed by atoms with van der Waals surface area (Å²) in [6, 6.07) is 6.58. The number of aliphatic hydroxyl groups is 1. The minimum atomic E-state index is -1.47. The number of aliphatic hydroxyl groups excluding tert-OH is 1. The average Bonchev–Trinajstić information content (AvgIpc) is 3.11. The lowest BCUT2D eigenvalue weighted by Gasteiger charge is -2.26. The van der Waals surface area contributed by atoms with Gasteiger partial charge in [0.05, 0.1) is 0 Å². The number of nitrogens with two attached hydrogens (primary N) is 1. The van der Waals surface area contributed by atoms with E-state index in [9.17, 15) is 19.5 Å². The first-order valence-electron chi connectivity index (χ1n) is 8.62. The first-order chi connectivity index (χ1) is 12.3. The van der Waals surface area contributed by atoms with E-state index in [0.29, 0.717) is 25.8 Å². The van der Waals surface area contributed by atoms with Crippen molar-refractivity contribution in [2.24, 2.45) is 5.73 Å². The molecule has 1 aromatic rings. The lowest BCUT2D eigenvalue weighted by atomic mass is 10.0. The van der Waals surface area contributed by atoms with E-state index >= 15 is 0 Å². The van der Waals surface area contributed by atoms with Crippen LogP contribution in [0.3, 0.4) is 0 Å². The number of hydrogen-bond donors (Lipinski definition) is 4. The monoisotopic (exact) mass is 363 g/mol. The Morgan fingerprint density at radius 1 is 1.31 bits per heavy atom. The molecule has 0 unspecified atom stereocenters. The Morgan fingerprint density at radius 3 is 2.58 bits per heavy atom. The van der Waals surface area contributed by atoms with Crippen molar-refractivity contribution in [1.82, 2.24) is 10.2 Å². The average molecular weight is 363 g/mol. The molecule has 1 heterocycles. The summed E-state index contributed by atoms with van der Waals surface area (Å²) in [6.07, 6.45) is -0.162. The van der Waals surface area contributed by atoms with E-state index in [0.717, 1.165) is 5.56 Å². The van der Waals surface area contributed by atoms with Crippen LogP contribution in [0.15, 0.2) is 30.3 Å². The zero-order valence-corrected chi connectivity index (χ0v) is 14.7. The third-order valence-corrected chi connectivity index (χ3v) is 4.54. The number of carboxylic acid groups (broad SMARTS) is 1. The van der Waals surface area contributed by atoms with Crippen molar-refractivity contribution in [1.29, 1.82) is 0 Å². The van der Waals surface area contributed by atoms with Crippen LogP contribution in [0.2, 0.25) is 0 Å². The maximum atomic E-state index is 12.4. The highest BCUT2D eigenvalue weighted by Crippen LogP contribution is 2.18. The van der Waals surface area contributed by atoms with Crippen LogP contribution in [0.4, 0.5) is 0 Å². The quantitative estimate of drug-likeness (QED) is 0.516. The molecule has 1 aliphatic rings. The van der Waals surface area contributed by atoms with Crippen molar-refractivity contribution in [3.63, 3.8) is 0 Å². The Labute approximate surface area is 152 Å². The van der Waals surface area contributed by atoms with Gasteiger partial charge in [0, 0.05) is 12.6 Å². The predicted octanol–water partition coefficient (Wildman–Crippen LogP) is -0.502. The molecular formula is C18H25N3O5. The predicted molar refractivity (Wildman–Crippen MR) is 94.1 cm³/mol. The van der Waals surface area contributed by atoms with E-state index in [1.54, 1.807) is 0 Å². The second kappa shape index (κ2) is 8.77. The summed E-state index contributed by atoms with van der Waals surface area (Å²) in [5.41, 5.74) is 6.79. The fraction of sp³-hybridized carbons (Fsp3) is 0.500. The van der Waals surface area contributed by atoms with Crippen LogP contribution < -0.4 is 11.1 Å². The maximum Gasteiger partial charge on any atom is 0.326 e. The first kappa shape index (κ1) is 19.9. The number of likely N-dealkylation sites (tertiary alicyclic amines) is 1. The van der Waals surface area contributed by atoms with E-state index in [-0.39, 0.29) is 0 Å². The summed E-state index contributed by atoms with van der Waals surface area (Å²) >= 11 is 0. The number of nitrogens with one attached hydrogen (secondary N) is 1. The lowest BCUT2D eigenvalue weighted by Crippen LogP contribution is -2.54. The van der Waals surface area contributed by atoms with Gasteiger partial charge in [-0.15, -0.1) is 0 Å². The largest absolute Gasteiger partial charge is 0.480 e. The second-order valence-electron chi connectivity index (χ2n) is 6.56. The van der Waals surface area contributed by atoms with Crippen molar-refractivity contribution in [2.75, 3.05) is 6.54 Å². The molecule has 2 amide bonds. The third kappa shape index (κ3) is 4.80. The standard InChI is InChI=1S/C18H25N3O5/c1-11(17(24)21-9-5-8-14(21)18(25)26)20-16(23)15(22)13(19)10-12-6-3-2-4-7-12/h2-4,6-7,11,13-15,22H,5,8-10,19H2,1H3,(H,20,23)(H,25,26)/t11-,13-,14-,15-/m0/s1. The van der Waals surface area contributed by atoms with Gasteiger partial charge in [0.2, 0.25) is 5.91 Å². The van der Waals surface area contributed by atoms with Gasteiger partial charge in [-0.2, -0.15) is 0 Å². The molecule has 26 heavy (non-hydrogen) atoms. The van der Waals surface area contributed by atoms with E-state index in [4.69, 9.17) is 10.8 Å². The summed E-state index contributed by atoms with van der Waals surface area (Å²) in [4.78, 5) is 37.1. The SMILES string of the molecule is C[C@H](NC(=O)[C@@H](O)[C@@H](N)Cc1ccccc1)C(=O)N1CCC[C@H]1C(=O)O. The number of carboxylic acids is 1. The minimum Gasteiger partial charge on any atom is -0.480 e. The van der Waals surface area contributed by atoms with E-state index in [1.165, 1.54) is 11.8 Å². The highest BCUT2D eigenvalue weighted by molar-refractivity contribution is 5.91. The summed E-state index contributed by atoms with van der Waals surface area (Å²) in [6.45, 7) is 1.80. The molecule has 1 aliphatic heterocycles. The fourth-order valence-electron chi connectivity index (χ4n) is 3.09. The van der Waals surface area contributed by atoms with Crippen LogP contribution in [0, 0.1) is 0 Å². The molecule has 4 atom stereocenters. The third-order valence-electron chi connectivity index (χ3n) is 4.54. The molecule has 8 heteroatoms. The van der Waals surface area contributed by atoms with Crippen LogP contribution in [0.25, 0.3) is 0 Å². The number of carbonyl (C=O) groups is 3. The molecule has 0 bridgehead atoms. The van der Waals surface area contributed by atoms with Gasteiger partial charge in [-0.3, -0.25) is 9.59 Å². The van der Waals surface area contributed by atoms with Gasteiger partial charge in [0.25, 0.3) is 5.91 Å². The number of benzene rings is 1. The fourth-order valence-corrected chi connectivity index (χ4v) is 3.09. The summed E-state index contributed by atoms with van der Waals surface area (Å²) < 4.78 is 0. The molecule has 1 saturated heterocycles. The van der Waals surface area contributed by atoms with Crippen molar-refractivity contribution in [3.8, 4) is 0 Å². The van der Waals surface area contributed by atoms with Gasteiger partial charge in [-0.05, 0) is 31.7 Å². The molecule has 2 rings (SSSR count). The topological polar surface area (TPSA) is 133 Å². The maximum absolute atomic E-state index is 12.4. The molecule has 0 radical (unpaired) electrons. The highest BCUT2D eigenvalue weighted by atomic mass is 16.4. The van der Waals surface area contributed by atoms with Crippen LogP contribution in [-0.2, 0) is 20.8 Å². The molecule has 8 nitrogen and oxygen atoms in total. The van der Waals surface area contributed by atoms with Crippen molar-refractivity contribution >= 4 is 17.8 Å². The van der Waals surface area contributed by atoms with Crippen molar-refractivity contribution in [3.05, 3.63) is 35.9 Å². The van der Waals surface area contributed by atoms with Gasteiger partial charge >= 0.3 is 5.97 Å². The minimum absolute atomic E-state index is 0.310. The molecule has 142 valence electrons. The molecule has 1 aromatic carbocycles. The molecule has 1 fully saturated rings. The lowest BCUT2D eigenvalue weighted by molar-refractivity contribution is -0.149. The molecular weight excluding hydrogens is 338 g/mol. The second-order valence-corrected chi connectivity index (χ2v) is 6.56. The van der Waals surface area contributed by atoms with E-state index in [1.807, 2.05) is 30.3 Å². The molecule has 0 aliphatic carbocycles.